The van der Waals surface area contributed by atoms with Crippen LogP contribution in [0.4, 0.5) is 0 Å². The van der Waals surface area contributed by atoms with E-state index in [0.717, 1.165) is 15.6 Å². The second kappa shape index (κ2) is 9.40. The van der Waals surface area contributed by atoms with E-state index in [4.69, 9.17) is 0 Å². The Morgan fingerprint density at radius 3 is 2.00 bits per heavy atom. The summed E-state index contributed by atoms with van der Waals surface area (Å²) in [6, 6.07) is 0. The quantitative estimate of drug-likeness (QED) is 0.438. The first-order valence-corrected chi connectivity index (χ1v) is 6.02. The van der Waals surface area contributed by atoms with Crippen molar-refractivity contribution in [2.75, 3.05) is 7.11 Å². The van der Waals surface area contributed by atoms with Gasteiger partial charge in [0.1, 0.15) is 0 Å². The van der Waals surface area contributed by atoms with E-state index in [0.29, 0.717) is 5.57 Å². The molecule has 0 aliphatic rings. The smallest absolute Gasteiger partial charge is 0.337 e. The fourth-order valence-electron chi connectivity index (χ4n) is 1.04. The molecule has 0 saturated carbocycles. The Kier molecular flexibility index (Phi) is 10.3. The van der Waals surface area contributed by atoms with Crippen LogP contribution in [0.25, 0.3) is 0 Å². The largest absolute Gasteiger partial charge is 0.465 e. The van der Waals surface area contributed by atoms with E-state index in [2.05, 4.69) is 27.2 Å². The van der Waals surface area contributed by atoms with Gasteiger partial charge in [-0.2, -0.15) is 0 Å². The van der Waals surface area contributed by atoms with Crippen molar-refractivity contribution in [1.82, 2.24) is 0 Å². The summed E-state index contributed by atoms with van der Waals surface area (Å²) in [4.78, 5) is 11.3. The SMILES string of the molecule is C=C(C)/C(Br)=C(C)\C(=C/C)C(=O)OC.CC. The zero-order chi connectivity index (χ0) is 13.3. The standard InChI is InChI=1S/C11H15BrO2.C2H6/c1-6-9(11(13)14-5)8(4)10(12)7(2)3;1-2/h6H,2H2,1,3-5H3;1-2H3/b9-6+,10-8+;. The Labute approximate surface area is 107 Å². The molecule has 92 valence electrons. The number of carbonyl (C=O) groups is 1. The molecule has 0 saturated heterocycles. The Hall–Kier alpha value is -0.830. The molecule has 0 N–H and O–H groups in total. The zero-order valence-electron chi connectivity index (χ0n) is 11.0. The molecule has 3 heteroatoms. The zero-order valence-corrected chi connectivity index (χ0v) is 12.6. The van der Waals surface area contributed by atoms with Gasteiger partial charge in [-0.25, -0.2) is 4.79 Å². The van der Waals surface area contributed by atoms with Gasteiger partial charge in [-0.15, -0.1) is 0 Å². The van der Waals surface area contributed by atoms with E-state index in [1.54, 1.807) is 13.0 Å². The number of carbonyl (C=O) groups excluding carboxylic acids is 1. The van der Waals surface area contributed by atoms with Crippen molar-refractivity contribution in [1.29, 1.82) is 0 Å². The summed E-state index contributed by atoms with van der Waals surface area (Å²) in [5, 5.41) is 0. The predicted molar refractivity (Wildman–Crippen MR) is 73.6 cm³/mol. The van der Waals surface area contributed by atoms with Crippen LogP contribution in [-0.4, -0.2) is 13.1 Å². The monoisotopic (exact) mass is 288 g/mol. The molecule has 2 nitrogen and oxygen atoms in total. The highest BCUT2D eigenvalue weighted by Gasteiger charge is 2.13. The summed E-state index contributed by atoms with van der Waals surface area (Å²) in [7, 11) is 1.37. The van der Waals surface area contributed by atoms with Gasteiger partial charge in [0, 0.05) is 4.48 Å². The van der Waals surface area contributed by atoms with E-state index < -0.39 is 0 Å². The van der Waals surface area contributed by atoms with Crippen molar-refractivity contribution in [2.24, 2.45) is 0 Å². The fraction of sp³-hybridized carbons (Fsp3) is 0.462. The van der Waals surface area contributed by atoms with Crippen LogP contribution in [0.1, 0.15) is 34.6 Å². The van der Waals surface area contributed by atoms with Crippen LogP contribution in [0, 0.1) is 0 Å². The van der Waals surface area contributed by atoms with Crippen LogP contribution in [0.2, 0.25) is 0 Å². The number of methoxy groups -OCH3 is 1. The normalized spacial score (nSPS) is 12.1. The van der Waals surface area contributed by atoms with Crippen LogP contribution in [0.3, 0.4) is 0 Å². The van der Waals surface area contributed by atoms with E-state index in [9.17, 15) is 4.79 Å². The van der Waals surface area contributed by atoms with Gasteiger partial charge in [-0.3, -0.25) is 0 Å². The lowest BCUT2D eigenvalue weighted by molar-refractivity contribution is -0.135. The molecule has 0 atom stereocenters. The van der Waals surface area contributed by atoms with E-state index in [1.807, 2.05) is 27.7 Å². The Morgan fingerprint density at radius 2 is 1.75 bits per heavy atom. The van der Waals surface area contributed by atoms with Crippen LogP contribution < -0.4 is 0 Å². The molecule has 0 heterocycles. The first-order chi connectivity index (χ1) is 7.45. The number of allylic oxidation sites excluding steroid dienone is 3. The van der Waals surface area contributed by atoms with Gasteiger partial charge in [-0.1, -0.05) is 42.4 Å². The average molecular weight is 289 g/mol. The second-order valence-corrected chi connectivity index (χ2v) is 3.71. The Morgan fingerprint density at radius 1 is 1.31 bits per heavy atom. The number of hydrogen-bond donors (Lipinski definition) is 0. The third kappa shape index (κ3) is 5.31. The fourth-order valence-corrected chi connectivity index (χ4v) is 1.25. The van der Waals surface area contributed by atoms with Gasteiger partial charge in [0.05, 0.1) is 12.7 Å². The summed E-state index contributed by atoms with van der Waals surface area (Å²) >= 11 is 3.38. The van der Waals surface area contributed by atoms with E-state index in [-0.39, 0.29) is 5.97 Å². The average Bonchev–Trinajstić information content (AvgIpc) is 2.30. The van der Waals surface area contributed by atoms with Gasteiger partial charge in [0.2, 0.25) is 0 Å². The lowest BCUT2D eigenvalue weighted by Crippen LogP contribution is -2.06. The van der Waals surface area contributed by atoms with Gasteiger partial charge in [-0.05, 0) is 31.9 Å². The molecule has 0 aromatic rings. The molecule has 0 rings (SSSR count). The number of rotatable bonds is 3. The lowest BCUT2D eigenvalue weighted by Gasteiger charge is -2.08. The molecule has 0 amide bonds. The summed E-state index contributed by atoms with van der Waals surface area (Å²) in [6.45, 7) is 13.3. The minimum absolute atomic E-state index is 0.330. The highest BCUT2D eigenvalue weighted by Crippen LogP contribution is 2.25. The number of halogens is 1. The first kappa shape index (κ1) is 17.6. The van der Waals surface area contributed by atoms with Crippen molar-refractivity contribution in [2.45, 2.75) is 34.6 Å². The van der Waals surface area contributed by atoms with Crippen molar-refractivity contribution in [3.63, 3.8) is 0 Å². The Bertz CT molecular complexity index is 312. The second-order valence-electron chi connectivity index (χ2n) is 2.91. The molecule has 0 fully saturated rings. The highest BCUT2D eigenvalue weighted by molar-refractivity contribution is 9.12. The molecule has 0 aliphatic carbocycles. The number of ether oxygens (including phenoxy) is 1. The first-order valence-electron chi connectivity index (χ1n) is 5.23. The van der Waals surface area contributed by atoms with Crippen LogP contribution in [0.15, 0.2) is 33.9 Å². The van der Waals surface area contributed by atoms with E-state index in [1.165, 1.54) is 7.11 Å². The molecule has 0 aromatic carbocycles. The van der Waals surface area contributed by atoms with Crippen LogP contribution in [0.5, 0.6) is 0 Å². The minimum Gasteiger partial charge on any atom is -0.465 e. The van der Waals surface area contributed by atoms with Crippen molar-refractivity contribution < 1.29 is 9.53 Å². The number of esters is 1. The predicted octanol–water partition coefficient (Wildman–Crippen LogP) is 4.38. The van der Waals surface area contributed by atoms with Crippen LogP contribution in [-0.2, 0) is 9.53 Å². The molecule has 0 unspecified atom stereocenters. The molecule has 0 aliphatic heterocycles. The summed E-state index contributed by atoms with van der Waals surface area (Å²) in [5.74, 6) is -0.330. The van der Waals surface area contributed by atoms with Gasteiger partial charge in [0.25, 0.3) is 0 Å². The summed E-state index contributed by atoms with van der Waals surface area (Å²) < 4.78 is 5.51. The Balaban J connectivity index is 0. The van der Waals surface area contributed by atoms with Gasteiger partial charge < -0.3 is 4.74 Å². The lowest BCUT2D eigenvalue weighted by atomic mass is 10.1. The maximum Gasteiger partial charge on any atom is 0.337 e. The molecule has 0 spiro atoms. The van der Waals surface area contributed by atoms with Crippen LogP contribution >= 0.6 is 15.9 Å². The molecule has 16 heavy (non-hydrogen) atoms. The van der Waals surface area contributed by atoms with E-state index >= 15 is 0 Å². The minimum atomic E-state index is -0.330. The summed E-state index contributed by atoms with van der Waals surface area (Å²) in [5.41, 5.74) is 2.28. The van der Waals surface area contributed by atoms with Crippen molar-refractivity contribution in [3.8, 4) is 0 Å². The maximum absolute atomic E-state index is 11.3. The highest BCUT2D eigenvalue weighted by atomic mass is 79.9. The summed E-state index contributed by atoms with van der Waals surface area (Å²) in [6.07, 6.45) is 1.73. The third-order valence-corrected chi connectivity index (χ3v) is 3.07. The van der Waals surface area contributed by atoms with Crippen molar-refractivity contribution >= 4 is 21.9 Å². The maximum atomic E-state index is 11.3. The number of hydrogen-bond acceptors (Lipinski definition) is 2. The molecule has 0 radical (unpaired) electrons. The molecular formula is C13H21BrO2. The molecule has 0 bridgehead atoms. The third-order valence-electron chi connectivity index (χ3n) is 1.80. The van der Waals surface area contributed by atoms with Crippen molar-refractivity contribution in [3.05, 3.63) is 33.9 Å². The van der Waals surface area contributed by atoms with Gasteiger partial charge >= 0.3 is 5.97 Å². The topological polar surface area (TPSA) is 26.3 Å². The molecular weight excluding hydrogens is 268 g/mol. The van der Waals surface area contributed by atoms with Gasteiger partial charge in [0.15, 0.2) is 0 Å². The molecule has 0 aromatic heterocycles.